The summed E-state index contributed by atoms with van der Waals surface area (Å²) in [6, 6.07) is 4.12. The van der Waals surface area contributed by atoms with Gasteiger partial charge in [0.2, 0.25) is 10.0 Å². The minimum absolute atomic E-state index is 0.0102. The van der Waals surface area contributed by atoms with Crippen LogP contribution in [-0.2, 0) is 19.9 Å². The highest BCUT2D eigenvalue weighted by Gasteiger charge is 2.23. The van der Waals surface area contributed by atoms with Gasteiger partial charge in [0.25, 0.3) is 0 Å². The molecule has 0 fully saturated rings. The maximum absolute atomic E-state index is 12.4. The number of nitrogens with zero attached hydrogens (tertiary/aromatic N) is 1. The summed E-state index contributed by atoms with van der Waals surface area (Å²) in [7, 11) is -4.36. The molecule has 1 N–H and O–H groups in total. The number of hydrogen-bond donors (Lipinski definition) is 1. The zero-order valence-electron chi connectivity index (χ0n) is 12.8. The van der Waals surface area contributed by atoms with Crippen molar-refractivity contribution >= 4 is 25.5 Å². The molecule has 1 rings (SSSR count). The van der Waals surface area contributed by atoms with Crippen LogP contribution in [0.1, 0.15) is 19.8 Å². The van der Waals surface area contributed by atoms with Crippen LogP contribution in [0.5, 0.6) is 0 Å². The molecular weight excluding hydrogens is 312 g/mol. The predicted octanol–water partition coefficient (Wildman–Crippen LogP) is 1.55. The SMILES string of the molecule is CCCCNc1ccc(S(C)(=O)=O)cc1S(=O)(=O)N(C)C. The lowest BCUT2D eigenvalue weighted by atomic mass is 10.3. The van der Waals surface area contributed by atoms with Crippen molar-refractivity contribution in [3.8, 4) is 0 Å². The molecule has 0 bridgehead atoms. The van der Waals surface area contributed by atoms with Crippen LogP contribution in [0, 0.1) is 0 Å². The lowest BCUT2D eigenvalue weighted by Gasteiger charge is -2.17. The molecule has 21 heavy (non-hydrogen) atoms. The van der Waals surface area contributed by atoms with Gasteiger partial charge in [-0.1, -0.05) is 13.3 Å². The van der Waals surface area contributed by atoms with Gasteiger partial charge in [-0.2, -0.15) is 0 Å². The Hall–Kier alpha value is -1.12. The number of rotatable bonds is 7. The minimum atomic E-state index is -3.72. The zero-order valence-corrected chi connectivity index (χ0v) is 14.4. The van der Waals surface area contributed by atoms with Gasteiger partial charge in [-0.3, -0.25) is 0 Å². The van der Waals surface area contributed by atoms with Gasteiger partial charge in [-0.05, 0) is 24.6 Å². The Morgan fingerprint density at radius 3 is 2.24 bits per heavy atom. The summed E-state index contributed by atoms with van der Waals surface area (Å²) < 4.78 is 49.0. The van der Waals surface area contributed by atoms with Crippen molar-refractivity contribution in [1.82, 2.24) is 4.31 Å². The number of sulfonamides is 1. The molecule has 0 unspecified atom stereocenters. The number of nitrogens with one attached hydrogen (secondary N) is 1. The lowest BCUT2D eigenvalue weighted by Crippen LogP contribution is -2.24. The van der Waals surface area contributed by atoms with Crippen LogP contribution < -0.4 is 5.32 Å². The van der Waals surface area contributed by atoms with E-state index in [1.54, 1.807) is 0 Å². The Balaban J connectivity index is 3.39. The van der Waals surface area contributed by atoms with E-state index in [-0.39, 0.29) is 9.79 Å². The van der Waals surface area contributed by atoms with Crippen molar-refractivity contribution in [2.75, 3.05) is 32.2 Å². The van der Waals surface area contributed by atoms with Gasteiger partial charge in [-0.15, -0.1) is 0 Å². The molecule has 0 saturated heterocycles. The molecule has 1 aromatic carbocycles. The van der Waals surface area contributed by atoms with Crippen LogP contribution in [0.2, 0.25) is 0 Å². The van der Waals surface area contributed by atoms with Crippen molar-refractivity contribution in [3.05, 3.63) is 18.2 Å². The van der Waals surface area contributed by atoms with Crippen LogP contribution >= 0.6 is 0 Å². The van der Waals surface area contributed by atoms with Gasteiger partial charge < -0.3 is 5.32 Å². The van der Waals surface area contributed by atoms with Gasteiger partial charge in [0.1, 0.15) is 4.90 Å². The second kappa shape index (κ2) is 6.76. The third kappa shape index (κ3) is 4.42. The number of sulfone groups is 1. The van der Waals surface area contributed by atoms with Crippen molar-refractivity contribution in [2.45, 2.75) is 29.6 Å². The van der Waals surface area contributed by atoms with E-state index in [1.165, 1.54) is 32.3 Å². The van der Waals surface area contributed by atoms with Crippen molar-refractivity contribution in [1.29, 1.82) is 0 Å². The van der Waals surface area contributed by atoms with Crippen molar-refractivity contribution < 1.29 is 16.8 Å². The van der Waals surface area contributed by atoms with E-state index >= 15 is 0 Å². The van der Waals surface area contributed by atoms with E-state index in [0.717, 1.165) is 23.4 Å². The largest absolute Gasteiger partial charge is 0.384 e. The quantitative estimate of drug-likeness (QED) is 0.765. The summed E-state index contributed by atoms with van der Waals surface area (Å²) in [4.78, 5) is -0.0319. The summed E-state index contributed by atoms with van der Waals surface area (Å²) in [5.74, 6) is 0. The third-order valence-corrected chi connectivity index (χ3v) is 5.95. The summed E-state index contributed by atoms with van der Waals surface area (Å²) in [6.07, 6.45) is 2.93. The average molecular weight is 334 g/mol. The normalized spacial score (nSPS) is 12.6. The first kappa shape index (κ1) is 17.9. The molecule has 0 spiro atoms. The highest BCUT2D eigenvalue weighted by molar-refractivity contribution is 7.91. The highest BCUT2D eigenvalue weighted by Crippen LogP contribution is 2.27. The summed E-state index contributed by atoms with van der Waals surface area (Å²) in [5.41, 5.74) is 0.421. The van der Waals surface area contributed by atoms with Crippen LogP contribution in [0.4, 0.5) is 5.69 Å². The molecule has 0 atom stereocenters. The molecule has 0 aliphatic heterocycles. The van der Waals surface area contributed by atoms with E-state index in [9.17, 15) is 16.8 Å². The van der Waals surface area contributed by atoms with Gasteiger partial charge in [0, 0.05) is 26.9 Å². The molecule has 1 aromatic rings. The first-order valence-electron chi connectivity index (χ1n) is 6.61. The average Bonchev–Trinajstić information content (AvgIpc) is 2.37. The number of hydrogen-bond acceptors (Lipinski definition) is 5. The smallest absolute Gasteiger partial charge is 0.244 e. The van der Waals surface area contributed by atoms with E-state index in [4.69, 9.17) is 0 Å². The maximum Gasteiger partial charge on any atom is 0.244 e. The predicted molar refractivity (Wildman–Crippen MR) is 83.8 cm³/mol. The number of benzene rings is 1. The second-order valence-corrected chi connectivity index (χ2v) is 9.13. The highest BCUT2D eigenvalue weighted by atomic mass is 32.2. The zero-order chi connectivity index (χ0) is 16.3. The van der Waals surface area contributed by atoms with Crippen LogP contribution in [0.3, 0.4) is 0 Å². The summed E-state index contributed by atoms with van der Waals surface area (Å²) in [6.45, 7) is 2.66. The van der Waals surface area contributed by atoms with Crippen LogP contribution in [-0.4, -0.2) is 48.0 Å². The van der Waals surface area contributed by atoms with E-state index < -0.39 is 19.9 Å². The van der Waals surface area contributed by atoms with E-state index in [1.807, 2.05) is 6.92 Å². The fourth-order valence-corrected chi connectivity index (χ4v) is 3.50. The molecule has 0 aliphatic rings. The molecule has 0 saturated carbocycles. The molecule has 120 valence electrons. The number of unbranched alkanes of at least 4 members (excludes halogenated alkanes) is 1. The summed E-state index contributed by atoms with van der Waals surface area (Å²) in [5, 5.41) is 3.05. The number of anilines is 1. The standard InChI is InChI=1S/C13H22N2O4S2/c1-5-6-9-14-12-8-7-11(20(4,16)17)10-13(12)21(18,19)15(2)3/h7-8,10,14H,5-6,9H2,1-4H3. The van der Waals surface area contributed by atoms with Gasteiger partial charge in [0.05, 0.1) is 10.6 Å². The topological polar surface area (TPSA) is 83.5 Å². The maximum atomic E-state index is 12.4. The molecule has 0 amide bonds. The molecule has 0 aromatic heterocycles. The Kier molecular flexibility index (Phi) is 5.77. The Bertz CT molecular complexity index is 695. The lowest BCUT2D eigenvalue weighted by molar-refractivity contribution is 0.521. The Morgan fingerprint density at radius 1 is 1.14 bits per heavy atom. The molecule has 8 heteroatoms. The third-order valence-electron chi connectivity index (χ3n) is 2.99. The molecule has 0 aliphatic carbocycles. The second-order valence-electron chi connectivity index (χ2n) is 5.00. The first-order chi connectivity index (χ1) is 9.60. The van der Waals surface area contributed by atoms with Gasteiger partial charge >= 0.3 is 0 Å². The fourth-order valence-electron chi connectivity index (χ4n) is 1.69. The van der Waals surface area contributed by atoms with Gasteiger partial charge in [-0.25, -0.2) is 21.1 Å². The first-order valence-corrected chi connectivity index (χ1v) is 9.94. The summed E-state index contributed by atoms with van der Waals surface area (Å²) >= 11 is 0. The molecule has 6 nitrogen and oxygen atoms in total. The van der Waals surface area contributed by atoms with Crippen LogP contribution in [0.25, 0.3) is 0 Å². The molecular formula is C13H22N2O4S2. The van der Waals surface area contributed by atoms with Gasteiger partial charge in [0.15, 0.2) is 9.84 Å². The Labute approximate surface area is 127 Å². The Morgan fingerprint density at radius 2 is 1.76 bits per heavy atom. The fraction of sp³-hybridized carbons (Fsp3) is 0.538. The van der Waals surface area contributed by atoms with Crippen molar-refractivity contribution in [2.24, 2.45) is 0 Å². The monoisotopic (exact) mass is 334 g/mol. The van der Waals surface area contributed by atoms with Crippen LogP contribution in [0.15, 0.2) is 28.0 Å². The minimum Gasteiger partial charge on any atom is -0.384 e. The van der Waals surface area contributed by atoms with Crippen molar-refractivity contribution in [3.63, 3.8) is 0 Å². The van der Waals surface area contributed by atoms with E-state index in [0.29, 0.717) is 12.2 Å². The molecule has 0 radical (unpaired) electrons. The molecule has 0 heterocycles. The van der Waals surface area contributed by atoms with E-state index in [2.05, 4.69) is 5.32 Å².